The summed E-state index contributed by atoms with van der Waals surface area (Å²) in [6, 6.07) is 3.48. The largest absolute Gasteiger partial charge is 0.203 e. The molecule has 0 bridgehead atoms. The fourth-order valence-electron chi connectivity index (χ4n) is 2.70. The lowest BCUT2D eigenvalue weighted by molar-refractivity contribution is 0.471. The van der Waals surface area contributed by atoms with Gasteiger partial charge in [0, 0.05) is 0 Å². The number of allylic oxidation sites excluding steroid dienone is 4. The van der Waals surface area contributed by atoms with Crippen LogP contribution < -0.4 is 0 Å². The molecule has 0 heterocycles. The van der Waals surface area contributed by atoms with Gasteiger partial charge >= 0.3 is 0 Å². The summed E-state index contributed by atoms with van der Waals surface area (Å²) < 4.78 is 27.9. The Bertz CT molecular complexity index is 512. The average Bonchev–Trinajstić information content (AvgIpc) is 2.43. The van der Waals surface area contributed by atoms with E-state index in [2.05, 4.69) is 12.2 Å². The normalized spacial score (nSPS) is 19.8. The molecule has 1 aromatic carbocycles. The maximum absolute atomic E-state index is 14.1. The molecule has 1 aliphatic rings. The second-order valence-corrected chi connectivity index (χ2v) is 5.05. The van der Waals surface area contributed by atoms with Crippen molar-refractivity contribution in [1.82, 2.24) is 0 Å². The first-order chi connectivity index (χ1) is 9.17. The minimum absolute atomic E-state index is 0.106. The van der Waals surface area contributed by atoms with Gasteiger partial charge in [0.05, 0.1) is 0 Å². The van der Waals surface area contributed by atoms with Crippen molar-refractivity contribution < 1.29 is 8.78 Å². The van der Waals surface area contributed by atoms with E-state index in [0.717, 1.165) is 19.3 Å². The molecule has 102 valence electrons. The second kappa shape index (κ2) is 6.14. The molecule has 1 unspecified atom stereocenters. The zero-order chi connectivity index (χ0) is 13.8. The Labute approximate surface area is 113 Å². The van der Waals surface area contributed by atoms with E-state index >= 15 is 0 Å². The third-order valence-electron chi connectivity index (χ3n) is 3.84. The first-order valence-corrected chi connectivity index (χ1v) is 6.95. The molecule has 1 aromatic rings. The first kappa shape index (κ1) is 14.0. The van der Waals surface area contributed by atoms with E-state index in [-0.39, 0.29) is 5.92 Å². The van der Waals surface area contributed by atoms with Crippen LogP contribution in [0.1, 0.15) is 50.2 Å². The van der Waals surface area contributed by atoms with Crippen LogP contribution in [-0.2, 0) is 6.42 Å². The quantitative estimate of drug-likeness (QED) is 0.693. The van der Waals surface area contributed by atoms with Gasteiger partial charge in [0.25, 0.3) is 0 Å². The summed E-state index contributed by atoms with van der Waals surface area (Å²) in [7, 11) is 0. The number of rotatable bonds is 3. The van der Waals surface area contributed by atoms with Crippen LogP contribution in [0.25, 0.3) is 0 Å². The summed E-state index contributed by atoms with van der Waals surface area (Å²) in [5.74, 6) is -1.20. The third kappa shape index (κ3) is 2.94. The summed E-state index contributed by atoms with van der Waals surface area (Å²) in [6.07, 6.45) is 9.39. The van der Waals surface area contributed by atoms with Crippen LogP contribution in [0, 0.1) is 11.6 Å². The van der Waals surface area contributed by atoms with Crippen LogP contribution >= 0.6 is 0 Å². The predicted octanol–water partition coefficient (Wildman–Crippen LogP) is 5.30. The Morgan fingerprint density at radius 2 is 2.05 bits per heavy atom. The zero-order valence-corrected chi connectivity index (χ0v) is 11.5. The Morgan fingerprint density at radius 1 is 1.26 bits per heavy atom. The lowest BCUT2D eigenvalue weighted by Crippen LogP contribution is -2.08. The number of hydrogen-bond donors (Lipinski definition) is 0. The molecule has 0 N–H and O–H groups in total. The van der Waals surface area contributed by atoms with Crippen molar-refractivity contribution in [3.63, 3.8) is 0 Å². The smallest absolute Gasteiger partial charge is 0.162 e. The highest BCUT2D eigenvalue weighted by Gasteiger charge is 2.21. The fraction of sp³-hybridized carbons (Fsp3) is 0.412. The van der Waals surface area contributed by atoms with Gasteiger partial charge in [-0.2, -0.15) is 0 Å². The van der Waals surface area contributed by atoms with Crippen molar-refractivity contribution in [1.29, 1.82) is 0 Å². The highest BCUT2D eigenvalue weighted by Crippen LogP contribution is 2.35. The van der Waals surface area contributed by atoms with E-state index in [1.807, 2.05) is 19.9 Å². The minimum atomic E-state index is -0.664. The summed E-state index contributed by atoms with van der Waals surface area (Å²) in [4.78, 5) is 0. The van der Waals surface area contributed by atoms with Gasteiger partial charge in [-0.3, -0.25) is 0 Å². The summed E-state index contributed by atoms with van der Waals surface area (Å²) >= 11 is 0. The van der Waals surface area contributed by atoms with Crippen molar-refractivity contribution >= 4 is 0 Å². The van der Waals surface area contributed by atoms with Crippen LogP contribution in [0.15, 0.2) is 35.9 Å². The third-order valence-corrected chi connectivity index (χ3v) is 3.84. The monoisotopic (exact) mass is 262 g/mol. The van der Waals surface area contributed by atoms with Gasteiger partial charge < -0.3 is 0 Å². The van der Waals surface area contributed by atoms with E-state index < -0.39 is 11.6 Å². The Morgan fingerprint density at radius 3 is 2.63 bits per heavy atom. The molecule has 0 aliphatic heterocycles. The molecule has 0 radical (unpaired) electrons. The van der Waals surface area contributed by atoms with Crippen LogP contribution in [0.2, 0.25) is 0 Å². The molecule has 2 heteroatoms. The summed E-state index contributed by atoms with van der Waals surface area (Å²) in [5, 5.41) is 0. The van der Waals surface area contributed by atoms with Crippen LogP contribution in [0.4, 0.5) is 8.78 Å². The lowest BCUT2D eigenvalue weighted by atomic mass is 9.84. The summed E-state index contributed by atoms with van der Waals surface area (Å²) in [6.45, 7) is 3.83. The molecule has 0 spiro atoms. The minimum Gasteiger partial charge on any atom is -0.203 e. The molecule has 1 atom stereocenters. The molecule has 0 amide bonds. The molecule has 0 saturated carbocycles. The molecule has 19 heavy (non-hydrogen) atoms. The van der Waals surface area contributed by atoms with E-state index in [1.165, 1.54) is 5.57 Å². The van der Waals surface area contributed by atoms with Gasteiger partial charge in [-0.05, 0) is 49.7 Å². The fourth-order valence-corrected chi connectivity index (χ4v) is 2.70. The average molecular weight is 262 g/mol. The maximum atomic E-state index is 14.1. The molecule has 0 fully saturated rings. The van der Waals surface area contributed by atoms with Crippen molar-refractivity contribution in [2.75, 3.05) is 0 Å². The van der Waals surface area contributed by atoms with E-state index in [1.54, 1.807) is 12.1 Å². The molecule has 0 aromatic heterocycles. The van der Waals surface area contributed by atoms with Gasteiger partial charge in [-0.1, -0.05) is 42.9 Å². The Kier molecular flexibility index (Phi) is 4.52. The number of aryl methyl sites for hydroxylation is 1. The van der Waals surface area contributed by atoms with Crippen molar-refractivity contribution in [2.45, 2.75) is 45.4 Å². The van der Waals surface area contributed by atoms with Crippen LogP contribution in [0.5, 0.6) is 0 Å². The predicted molar refractivity (Wildman–Crippen MR) is 75.2 cm³/mol. The molecular formula is C17H20F2. The highest BCUT2D eigenvalue weighted by atomic mass is 19.2. The Balaban J connectivity index is 2.23. The molecule has 0 nitrogen and oxygen atoms in total. The SMILES string of the molecule is CC=CC1=CCC(c2ccc(CC)c(F)c2F)CC1. The second-order valence-electron chi connectivity index (χ2n) is 5.05. The van der Waals surface area contributed by atoms with Gasteiger partial charge in [0.2, 0.25) is 0 Å². The standard InChI is InChI=1S/C17H20F2/c1-3-5-12-6-8-14(9-7-12)15-11-10-13(4-2)16(18)17(15)19/h3,5-6,10-11,14H,4,7-9H2,1-2H3. The Hall–Kier alpha value is -1.44. The molecule has 2 rings (SSSR count). The first-order valence-electron chi connectivity index (χ1n) is 6.95. The molecule has 0 saturated heterocycles. The number of hydrogen-bond acceptors (Lipinski definition) is 0. The van der Waals surface area contributed by atoms with Gasteiger partial charge in [0.1, 0.15) is 0 Å². The van der Waals surface area contributed by atoms with Gasteiger partial charge in [-0.15, -0.1) is 0 Å². The zero-order valence-electron chi connectivity index (χ0n) is 11.5. The number of benzene rings is 1. The topological polar surface area (TPSA) is 0 Å². The van der Waals surface area contributed by atoms with Crippen molar-refractivity contribution in [2.24, 2.45) is 0 Å². The van der Waals surface area contributed by atoms with E-state index in [4.69, 9.17) is 0 Å². The highest BCUT2D eigenvalue weighted by molar-refractivity contribution is 5.32. The maximum Gasteiger partial charge on any atom is 0.162 e. The lowest BCUT2D eigenvalue weighted by Gasteiger charge is -2.22. The van der Waals surface area contributed by atoms with Crippen LogP contribution in [-0.4, -0.2) is 0 Å². The van der Waals surface area contributed by atoms with E-state index in [0.29, 0.717) is 17.5 Å². The molecular weight excluding hydrogens is 242 g/mol. The number of halogens is 2. The van der Waals surface area contributed by atoms with Crippen LogP contribution in [0.3, 0.4) is 0 Å². The summed E-state index contributed by atoms with van der Waals surface area (Å²) in [5.41, 5.74) is 2.29. The van der Waals surface area contributed by atoms with Crippen molar-refractivity contribution in [3.05, 3.63) is 58.7 Å². The van der Waals surface area contributed by atoms with Gasteiger partial charge in [0.15, 0.2) is 11.6 Å². The van der Waals surface area contributed by atoms with E-state index in [9.17, 15) is 8.78 Å². The van der Waals surface area contributed by atoms with Gasteiger partial charge in [-0.25, -0.2) is 8.78 Å². The van der Waals surface area contributed by atoms with Crippen molar-refractivity contribution in [3.8, 4) is 0 Å². The molecule has 1 aliphatic carbocycles.